The molecule has 9 heteroatoms. The molecule has 0 aliphatic carbocycles. The van der Waals surface area contributed by atoms with E-state index in [0.29, 0.717) is 11.4 Å². The molecule has 3 rings (SSSR count). The van der Waals surface area contributed by atoms with E-state index in [1.54, 1.807) is 20.0 Å². The summed E-state index contributed by atoms with van der Waals surface area (Å²) in [6.07, 6.45) is 4.76. The molecule has 8 nitrogen and oxygen atoms in total. The van der Waals surface area contributed by atoms with Gasteiger partial charge in [0.15, 0.2) is 5.01 Å². The van der Waals surface area contributed by atoms with Gasteiger partial charge < -0.3 is 20.6 Å². The van der Waals surface area contributed by atoms with Crippen molar-refractivity contribution < 1.29 is 14.7 Å². The van der Waals surface area contributed by atoms with E-state index < -0.39 is 11.5 Å². The lowest BCUT2D eigenvalue weighted by Crippen LogP contribution is -2.42. The van der Waals surface area contributed by atoms with Crippen LogP contribution in [-0.2, 0) is 0 Å². The van der Waals surface area contributed by atoms with Crippen molar-refractivity contribution in [3.63, 3.8) is 0 Å². The summed E-state index contributed by atoms with van der Waals surface area (Å²) in [6, 6.07) is 2.08. The molecule has 0 saturated carbocycles. The number of thiazole rings is 1. The second-order valence-corrected chi connectivity index (χ2v) is 11.8. The molecule has 0 spiro atoms. The van der Waals surface area contributed by atoms with Crippen LogP contribution in [0.4, 0.5) is 5.82 Å². The first-order valence-electron chi connectivity index (χ1n) is 11.8. The first-order chi connectivity index (χ1) is 15.7. The molecule has 34 heavy (non-hydrogen) atoms. The predicted molar refractivity (Wildman–Crippen MR) is 136 cm³/mol. The minimum Gasteiger partial charge on any atom is -0.389 e. The molecule has 0 bridgehead atoms. The molecule has 3 N–H and O–H groups in total. The van der Waals surface area contributed by atoms with Crippen molar-refractivity contribution in [3.8, 4) is 10.4 Å². The van der Waals surface area contributed by atoms with Crippen LogP contribution in [0, 0.1) is 6.92 Å². The SMILES string of the molecule is Cc1cc(NC(C)(C)C)ncc1-c1sc(C(=O)NCC(C)(C)O)nc1C(=O)N1CCCC[C@@H]1C. The van der Waals surface area contributed by atoms with Crippen LogP contribution >= 0.6 is 11.3 Å². The molecule has 3 heterocycles. The number of anilines is 1. The van der Waals surface area contributed by atoms with Crippen molar-refractivity contribution in [2.75, 3.05) is 18.4 Å². The van der Waals surface area contributed by atoms with E-state index in [1.165, 1.54) is 11.3 Å². The summed E-state index contributed by atoms with van der Waals surface area (Å²) < 4.78 is 0. The normalized spacial score (nSPS) is 16.9. The molecule has 2 amide bonds. The summed E-state index contributed by atoms with van der Waals surface area (Å²) in [5, 5.41) is 16.3. The summed E-state index contributed by atoms with van der Waals surface area (Å²) >= 11 is 1.19. The summed E-state index contributed by atoms with van der Waals surface area (Å²) in [5.41, 5.74) is 0.825. The van der Waals surface area contributed by atoms with Gasteiger partial charge >= 0.3 is 0 Å². The number of rotatable bonds is 6. The predicted octanol–water partition coefficient (Wildman–Crippen LogP) is 4.24. The van der Waals surface area contributed by atoms with Crippen molar-refractivity contribution in [2.45, 2.75) is 84.9 Å². The van der Waals surface area contributed by atoms with E-state index in [4.69, 9.17) is 0 Å². The Morgan fingerprint density at radius 3 is 2.53 bits per heavy atom. The number of carbonyl (C=O) groups excluding carboxylic acids is 2. The fraction of sp³-hybridized carbons (Fsp3) is 0.600. The van der Waals surface area contributed by atoms with Crippen molar-refractivity contribution >= 4 is 29.0 Å². The molecule has 2 aromatic rings. The smallest absolute Gasteiger partial charge is 0.280 e. The summed E-state index contributed by atoms with van der Waals surface area (Å²) in [5.74, 6) is 0.186. The lowest BCUT2D eigenvalue weighted by atomic mass is 10.0. The fourth-order valence-corrected chi connectivity index (χ4v) is 4.95. The molecule has 0 radical (unpaired) electrons. The molecule has 1 saturated heterocycles. The third kappa shape index (κ3) is 6.54. The van der Waals surface area contributed by atoms with Gasteiger partial charge in [-0.15, -0.1) is 11.3 Å². The third-order valence-corrected chi connectivity index (χ3v) is 6.72. The van der Waals surface area contributed by atoms with Crippen molar-refractivity contribution in [1.29, 1.82) is 0 Å². The number of carbonyl (C=O) groups is 2. The molecule has 0 aromatic carbocycles. The number of hydrogen-bond acceptors (Lipinski definition) is 7. The third-order valence-electron chi connectivity index (χ3n) is 5.63. The van der Waals surface area contributed by atoms with Crippen molar-refractivity contribution in [2.24, 2.45) is 0 Å². The summed E-state index contributed by atoms with van der Waals surface area (Å²) in [6.45, 7) is 14.2. The van der Waals surface area contributed by atoms with Gasteiger partial charge in [-0.3, -0.25) is 9.59 Å². The topological polar surface area (TPSA) is 107 Å². The number of piperidine rings is 1. The Morgan fingerprint density at radius 1 is 1.24 bits per heavy atom. The van der Waals surface area contributed by atoms with Gasteiger partial charge in [0.05, 0.1) is 10.5 Å². The lowest BCUT2D eigenvalue weighted by Gasteiger charge is -2.33. The number of aromatic nitrogens is 2. The van der Waals surface area contributed by atoms with Crippen molar-refractivity contribution in [3.05, 3.63) is 28.5 Å². The Labute approximate surface area is 206 Å². The van der Waals surface area contributed by atoms with Gasteiger partial charge in [0, 0.05) is 36.4 Å². The molecule has 1 aliphatic rings. The van der Waals surface area contributed by atoms with Gasteiger partial charge in [-0.05, 0) is 79.4 Å². The number of aryl methyl sites for hydroxylation is 1. The molecule has 2 aromatic heterocycles. The van der Waals surface area contributed by atoms with Crippen LogP contribution in [0.2, 0.25) is 0 Å². The Bertz CT molecular complexity index is 1050. The molecule has 1 aliphatic heterocycles. The number of aliphatic hydroxyl groups is 1. The zero-order chi connectivity index (χ0) is 25.3. The van der Waals surface area contributed by atoms with Gasteiger partial charge in [0.1, 0.15) is 11.5 Å². The van der Waals surface area contributed by atoms with Crippen LogP contribution in [0.3, 0.4) is 0 Å². The first kappa shape index (κ1) is 26.1. The monoisotopic (exact) mass is 487 g/mol. The molecule has 0 unspecified atom stereocenters. The Kier molecular flexibility index (Phi) is 7.67. The number of nitrogens with one attached hydrogen (secondary N) is 2. The summed E-state index contributed by atoms with van der Waals surface area (Å²) in [7, 11) is 0. The average molecular weight is 488 g/mol. The number of amides is 2. The maximum atomic E-state index is 13.6. The van der Waals surface area contributed by atoms with Gasteiger partial charge in [0.2, 0.25) is 0 Å². The Hall–Kier alpha value is -2.52. The number of pyridine rings is 1. The van der Waals surface area contributed by atoms with Crippen LogP contribution in [-0.4, -0.2) is 62.1 Å². The van der Waals surface area contributed by atoms with Gasteiger partial charge in [-0.1, -0.05) is 0 Å². The van der Waals surface area contributed by atoms with Crippen LogP contribution in [0.25, 0.3) is 10.4 Å². The van der Waals surface area contributed by atoms with E-state index in [2.05, 4.69) is 48.3 Å². The summed E-state index contributed by atoms with van der Waals surface area (Å²) in [4.78, 5) is 38.0. The van der Waals surface area contributed by atoms with Crippen LogP contribution in [0.5, 0.6) is 0 Å². The standard InChI is InChI=1S/C25H37N5O3S/c1-15-12-18(29-24(3,4)5)26-13-17(15)20-19(23(32)30-11-9-8-10-16(30)2)28-22(34-20)21(31)27-14-25(6,7)33/h12-13,16,33H,8-11,14H2,1-7H3,(H,26,29)(H,27,31)/t16-/m0/s1. The average Bonchev–Trinajstić information content (AvgIpc) is 3.15. The molecular weight excluding hydrogens is 450 g/mol. The maximum absolute atomic E-state index is 13.6. The second kappa shape index (κ2) is 10.00. The van der Waals surface area contributed by atoms with Crippen LogP contribution in [0.15, 0.2) is 12.3 Å². The van der Waals surface area contributed by atoms with E-state index in [0.717, 1.165) is 36.2 Å². The van der Waals surface area contributed by atoms with E-state index in [1.807, 2.05) is 17.9 Å². The molecule has 1 atom stereocenters. The highest BCUT2D eigenvalue weighted by atomic mass is 32.1. The number of hydrogen-bond donors (Lipinski definition) is 3. The van der Waals surface area contributed by atoms with E-state index >= 15 is 0 Å². The lowest BCUT2D eigenvalue weighted by molar-refractivity contribution is 0.0630. The second-order valence-electron chi connectivity index (χ2n) is 10.8. The molecule has 186 valence electrons. The highest BCUT2D eigenvalue weighted by Crippen LogP contribution is 2.35. The highest BCUT2D eigenvalue weighted by Gasteiger charge is 2.31. The minimum atomic E-state index is -1.05. The number of nitrogens with zero attached hydrogens (tertiary/aromatic N) is 3. The fourth-order valence-electron chi connectivity index (χ4n) is 3.90. The van der Waals surface area contributed by atoms with Crippen LogP contribution in [0.1, 0.15) is 86.7 Å². The minimum absolute atomic E-state index is 0.0843. The Morgan fingerprint density at radius 2 is 1.94 bits per heavy atom. The van der Waals surface area contributed by atoms with E-state index in [9.17, 15) is 14.7 Å². The maximum Gasteiger partial charge on any atom is 0.280 e. The zero-order valence-electron chi connectivity index (χ0n) is 21.3. The van der Waals surface area contributed by atoms with Gasteiger partial charge in [0.25, 0.3) is 11.8 Å². The zero-order valence-corrected chi connectivity index (χ0v) is 22.1. The first-order valence-corrected chi connectivity index (χ1v) is 12.6. The quantitative estimate of drug-likeness (QED) is 0.563. The van der Waals surface area contributed by atoms with Gasteiger partial charge in [-0.2, -0.15) is 0 Å². The van der Waals surface area contributed by atoms with Gasteiger partial charge in [-0.25, -0.2) is 9.97 Å². The molecule has 1 fully saturated rings. The van der Waals surface area contributed by atoms with E-state index in [-0.39, 0.29) is 34.7 Å². The largest absolute Gasteiger partial charge is 0.389 e. The molecular formula is C25H37N5O3S. The Balaban J connectivity index is 2.01. The highest BCUT2D eigenvalue weighted by molar-refractivity contribution is 7.17. The number of likely N-dealkylation sites (tertiary alicyclic amines) is 1. The van der Waals surface area contributed by atoms with Crippen molar-refractivity contribution in [1.82, 2.24) is 20.2 Å². The van der Waals surface area contributed by atoms with Crippen LogP contribution < -0.4 is 10.6 Å².